The van der Waals surface area contributed by atoms with E-state index in [4.69, 9.17) is 10.8 Å². The predicted octanol–water partition coefficient (Wildman–Crippen LogP) is -0.641. The molecule has 0 spiro atoms. The highest BCUT2D eigenvalue weighted by Crippen LogP contribution is 2.27. The van der Waals surface area contributed by atoms with Crippen molar-refractivity contribution >= 4 is 0 Å². The van der Waals surface area contributed by atoms with E-state index in [0.717, 1.165) is 12.8 Å². The number of aliphatic hydroxyl groups excluding tert-OH is 4. The lowest BCUT2D eigenvalue weighted by atomic mass is 9.83. The van der Waals surface area contributed by atoms with E-state index in [1.54, 1.807) is 0 Å². The van der Waals surface area contributed by atoms with Gasteiger partial charge in [0.2, 0.25) is 0 Å². The van der Waals surface area contributed by atoms with E-state index >= 15 is 0 Å². The number of hydrogen-bond acceptors (Lipinski definition) is 5. The van der Waals surface area contributed by atoms with Crippen molar-refractivity contribution in [2.75, 3.05) is 6.61 Å². The molecule has 5 heteroatoms. The van der Waals surface area contributed by atoms with Crippen LogP contribution in [0.15, 0.2) is 0 Å². The maximum Gasteiger partial charge on any atom is 0.109 e. The van der Waals surface area contributed by atoms with Crippen LogP contribution in [0, 0.1) is 5.92 Å². The minimum atomic E-state index is -1.38. The molecule has 5 nitrogen and oxygen atoms in total. The fourth-order valence-electron chi connectivity index (χ4n) is 2.54. The largest absolute Gasteiger partial charge is 0.394 e. The third-order valence-corrected chi connectivity index (χ3v) is 3.70. The second-order valence-corrected chi connectivity index (χ2v) is 5.13. The lowest BCUT2D eigenvalue weighted by Gasteiger charge is -2.30. The minimum Gasteiger partial charge on any atom is -0.394 e. The third kappa shape index (κ3) is 4.52. The van der Waals surface area contributed by atoms with Crippen LogP contribution in [0.2, 0.25) is 0 Å². The lowest BCUT2D eigenvalue weighted by Crippen LogP contribution is -2.49. The zero-order chi connectivity index (χ0) is 12.8. The monoisotopic (exact) mass is 247 g/mol. The van der Waals surface area contributed by atoms with Crippen molar-refractivity contribution in [3.05, 3.63) is 0 Å². The Morgan fingerprint density at radius 1 is 1.00 bits per heavy atom. The number of nitrogens with two attached hydrogens (primary N) is 1. The Bertz CT molecular complexity index is 209. The van der Waals surface area contributed by atoms with E-state index in [-0.39, 0.29) is 0 Å². The van der Waals surface area contributed by atoms with Gasteiger partial charge in [-0.2, -0.15) is 0 Å². The third-order valence-electron chi connectivity index (χ3n) is 3.70. The van der Waals surface area contributed by atoms with Gasteiger partial charge in [-0.25, -0.2) is 0 Å². The van der Waals surface area contributed by atoms with Gasteiger partial charge < -0.3 is 26.2 Å². The highest BCUT2D eigenvalue weighted by atomic mass is 16.4. The fraction of sp³-hybridized carbons (Fsp3) is 1.00. The summed E-state index contributed by atoms with van der Waals surface area (Å²) in [7, 11) is 0. The van der Waals surface area contributed by atoms with Crippen LogP contribution < -0.4 is 5.73 Å². The molecule has 0 unspecified atom stereocenters. The number of rotatable bonds is 6. The smallest absolute Gasteiger partial charge is 0.109 e. The van der Waals surface area contributed by atoms with E-state index in [1.807, 2.05) is 0 Å². The molecule has 0 heterocycles. The summed E-state index contributed by atoms with van der Waals surface area (Å²) in [5.74, 6) is 0.506. The maximum absolute atomic E-state index is 9.77. The molecule has 1 rings (SSSR count). The van der Waals surface area contributed by atoms with Gasteiger partial charge in [-0.3, -0.25) is 0 Å². The van der Waals surface area contributed by atoms with E-state index < -0.39 is 31.0 Å². The standard InChI is InChI=1S/C12H25NO4/c13-9(6-8-4-2-1-3-5-8)11(16)12(17)10(15)7-14/h8-12,14-17H,1-7,13H2/t9-,10+,11+,12-/m0/s1. The molecule has 0 saturated heterocycles. The number of hydrogen-bond donors (Lipinski definition) is 5. The molecular formula is C12H25NO4. The van der Waals surface area contributed by atoms with Crippen LogP contribution in [0.5, 0.6) is 0 Å². The summed E-state index contributed by atoms with van der Waals surface area (Å²) < 4.78 is 0. The Kier molecular flexibility index (Phi) is 6.37. The van der Waals surface area contributed by atoms with E-state index in [0.29, 0.717) is 12.3 Å². The van der Waals surface area contributed by atoms with Crippen LogP contribution in [-0.4, -0.2) is 51.4 Å². The Hall–Kier alpha value is -0.200. The molecule has 17 heavy (non-hydrogen) atoms. The van der Waals surface area contributed by atoms with Gasteiger partial charge in [-0.05, 0) is 12.3 Å². The average Bonchev–Trinajstić information content (AvgIpc) is 2.37. The highest BCUT2D eigenvalue weighted by molar-refractivity contribution is 4.85. The molecule has 4 atom stereocenters. The molecule has 0 radical (unpaired) electrons. The minimum absolute atomic E-state index is 0.506. The topological polar surface area (TPSA) is 107 Å². The summed E-state index contributed by atoms with van der Waals surface area (Å²) in [4.78, 5) is 0. The first-order chi connectivity index (χ1) is 8.06. The summed E-state index contributed by atoms with van der Waals surface area (Å²) in [6.07, 6.45) is 2.69. The van der Waals surface area contributed by atoms with Gasteiger partial charge in [0.1, 0.15) is 12.2 Å². The Morgan fingerprint density at radius 3 is 2.12 bits per heavy atom. The summed E-state index contributed by atoms with van der Waals surface area (Å²) in [5, 5.41) is 37.2. The Balaban J connectivity index is 2.37. The SMILES string of the molecule is N[C@@H](CC1CCCCC1)[C@@H](O)[C@@H](O)[C@H](O)CO. The summed E-state index contributed by atoms with van der Waals surface area (Å²) in [5.41, 5.74) is 5.84. The van der Waals surface area contributed by atoms with Crippen LogP contribution >= 0.6 is 0 Å². The van der Waals surface area contributed by atoms with Crippen molar-refractivity contribution in [2.24, 2.45) is 11.7 Å². The predicted molar refractivity (Wildman–Crippen MR) is 64.3 cm³/mol. The van der Waals surface area contributed by atoms with Crippen molar-refractivity contribution in [3.8, 4) is 0 Å². The van der Waals surface area contributed by atoms with Gasteiger partial charge in [0, 0.05) is 6.04 Å². The molecule has 0 aromatic rings. The zero-order valence-corrected chi connectivity index (χ0v) is 10.2. The van der Waals surface area contributed by atoms with Gasteiger partial charge in [-0.1, -0.05) is 32.1 Å². The lowest BCUT2D eigenvalue weighted by molar-refractivity contribution is -0.0854. The van der Waals surface area contributed by atoms with E-state index in [1.165, 1.54) is 19.3 Å². The van der Waals surface area contributed by atoms with Crippen LogP contribution in [0.3, 0.4) is 0 Å². The fourth-order valence-corrected chi connectivity index (χ4v) is 2.54. The second kappa shape index (κ2) is 7.28. The first kappa shape index (κ1) is 14.9. The van der Waals surface area contributed by atoms with Crippen molar-refractivity contribution in [3.63, 3.8) is 0 Å². The molecule has 0 aromatic heterocycles. The maximum atomic E-state index is 9.77. The second-order valence-electron chi connectivity index (χ2n) is 5.13. The van der Waals surface area contributed by atoms with E-state index in [9.17, 15) is 15.3 Å². The van der Waals surface area contributed by atoms with Gasteiger partial charge >= 0.3 is 0 Å². The van der Waals surface area contributed by atoms with Gasteiger partial charge in [0.25, 0.3) is 0 Å². The summed E-state index contributed by atoms with van der Waals surface area (Å²) in [6.45, 7) is -0.575. The van der Waals surface area contributed by atoms with E-state index in [2.05, 4.69) is 0 Å². The summed E-state index contributed by atoms with van der Waals surface area (Å²) >= 11 is 0. The Morgan fingerprint density at radius 2 is 1.59 bits per heavy atom. The molecule has 0 bridgehead atoms. The van der Waals surface area contributed by atoms with Crippen LogP contribution in [-0.2, 0) is 0 Å². The molecule has 1 aliphatic carbocycles. The Labute approximate surface area is 102 Å². The van der Waals surface area contributed by atoms with Gasteiger partial charge in [0.05, 0.1) is 12.7 Å². The molecule has 1 aliphatic rings. The molecule has 1 saturated carbocycles. The molecule has 1 fully saturated rings. The zero-order valence-electron chi connectivity index (χ0n) is 10.2. The molecule has 6 N–H and O–H groups in total. The molecule has 102 valence electrons. The quantitative estimate of drug-likeness (QED) is 0.429. The van der Waals surface area contributed by atoms with Crippen molar-refractivity contribution in [1.82, 2.24) is 0 Å². The molecule has 0 aromatic carbocycles. The van der Waals surface area contributed by atoms with Gasteiger partial charge in [-0.15, -0.1) is 0 Å². The van der Waals surface area contributed by atoms with Crippen molar-refractivity contribution in [2.45, 2.75) is 62.9 Å². The van der Waals surface area contributed by atoms with Crippen LogP contribution in [0.4, 0.5) is 0 Å². The normalized spacial score (nSPS) is 25.2. The highest BCUT2D eigenvalue weighted by Gasteiger charge is 2.30. The van der Waals surface area contributed by atoms with Crippen LogP contribution in [0.25, 0.3) is 0 Å². The van der Waals surface area contributed by atoms with Crippen molar-refractivity contribution < 1.29 is 20.4 Å². The number of aliphatic hydroxyl groups is 4. The molecule has 0 aliphatic heterocycles. The molecular weight excluding hydrogens is 222 g/mol. The summed E-state index contributed by atoms with van der Waals surface area (Å²) in [6, 6.07) is -0.547. The van der Waals surface area contributed by atoms with Crippen molar-refractivity contribution in [1.29, 1.82) is 0 Å². The van der Waals surface area contributed by atoms with Crippen LogP contribution in [0.1, 0.15) is 38.5 Å². The first-order valence-electron chi connectivity index (χ1n) is 6.47. The molecule has 0 amide bonds. The first-order valence-corrected chi connectivity index (χ1v) is 6.47. The van der Waals surface area contributed by atoms with Gasteiger partial charge in [0.15, 0.2) is 0 Å². The average molecular weight is 247 g/mol.